The Balaban J connectivity index is 1.47. The van der Waals surface area contributed by atoms with Crippen LogP contribution in [0.25, 0.3) is 0 Å². The van der Waals surface area contributed by atoms with E-state index in [1.165, 1.54) is 8.61 Å². The first-order valence-electron chi connectivity index (χ1n) is 9.34. The lowest BCUT2D eigenvalue weighted by molar-refractivity contribution is -0.126. The quantitative estimate of drug-likeness (QED) is 0.648. The first kappa shape index (κ1) is 20.2. The summed E-state index contributed by atoms with van der Waals surface area (Å²) < 4.78 is 38.3. The predicted octanol–water partition coefficient (Wildman–Crippen LogP) is -0.0727. The van der Waals surface area contributed by atoms with Gasteiger partial charge in [-0.1, -0.05) is 5.16 Å². The van der Waals surface area contributed by atoms with E-state index >= 15 is 0 Å². The lowest BCUT2D eigenvalue weighted by Crippen LogP contribution is -2.50. The van der Waals surface area contributed by atoms with Crippen LogP contribution < -0.4 is 5.32 Å². The number of piperidine rings is 1. The smallest absolute Gasteiger partial charge is 0.281 e. The zero-order valence-corrected chi connectivity index (χ0v) is 16.4. The minimum absolute atomic E-state index is 0.128. The van der Waals surface area contributed by atoms with Crippen LogP contribution in [0.5, 0.6) is 0 Å². The lowest BCUT2D eigenvalue weighted by atomic mass is 9.99. The van der Waals surface area contributed by atoms with Gasteiger partial charge < -0.3 is 14.6 Å². The molecule has 3 heterocycles. The largest absolute Gasteiger partial charge is 0.375 e. The topological polar surface area (TPSA) is 118 Å². The molecule has 0 saturated carbocycles. The molecule has 2 saturated heterocycles. The first-order chi connectivity index (χ1) is 13.0. The second-order valence-corrected chi connectivity index (χ2v) is 8.82. The summed E-state index contributed by atoms with van der Waals surface area (Å²) >= 11 is 0. The van der Waals surface area contributed by atoms with Crippen LogP contribution in [0.2, 0.25) is 0 Å². The van der Waals surface area contributed by atoms with E-state index in [2.05, 4.69) is 15.5 Å². The molecule has 11 heteroatoms. The molecule has 1 N–H and O–H groups in total. The molecule has 0 radical (unpaired) electrons. The molecule has 1 atom stereocenters. The zero-order chi connectivity index (χ0) is 19.3. The van der Waals surface area contributed by atoms with E-state index in [-0.39, 0.29) is 25.0 Å². The molecule has 2 aliphatic heterocycles. The molecular formula is C16H27N5O5S. The van der Waals surface area contributed by atoms with Crippen LogP contribution in [0.1, 0.15) is 37.4 Å². The van der Waals surface area contributed by atoms with Gasteiger partial charge in [-0.25, -0.2) is 0 Å². The Morgan fingerprint density at radius 3 is 2.74 bits per heavy atom. The number of carbonyl (C=O) groups is 1. The minimum Gasteiger partial charge on any atom is -0.375 e. The summed E-state index contributed by atoms with van der Waals surface area (Å²) in [7, 11) is -1.91. The summed E-state index contributed by atoms with van der Waals surface area (Å²) in [5.74, 6) is 0.445. The molecule has 0 aromatic carbocycles. The van der Waals surface area contributed by atoms with Gasteiger partial charge in [0.25, 0.3) is 16.1 Å². The maximum absolute atomic E-state index is 12.7. The van der Waals surface area contributed by atoms with Gasteiger partial charge in [-0.2, -0.15) is 22.0 Å². The van der Waals surface area contributed by atoms with Gasteiger partial charge >= 0.3 is 0 Å². The van der Waals surface area contributed by atoms with Gasteiger partial charge in [-0.3, -0.25) is 4.79 Å². The molecule has 0 spiro atoms. The fourth-order valence-electron chi connectivity index (χ4n) is 3.46. The fraction of sp³-hybridized carbons (Fsp3) is 0.812. The average molecular weight is 401 g/mol. The van der Waals surface area contributed by atoms with Gasteiger partial charge in [0, 0.05) is 46.3 Å². The van der Waals surface area contributed by atoms with Crippen molar-refractivity contribution < 1.29 is 22.5 Å². The number of hydrogen-bond acceptors (Lipinski definition) is 7. The zero-order valence-electron chi connectivity index (χ0n) is 15.6. The average Bonchev–Trinajstić information content (AvgIpc) is 3.34. The first-order valence-corrected chi connectivity index (χ1v) is 10.7. The molecule has 152 valence electrons. The highest BCUT2D eigenvalue weighted by Crippen LogP contribution is 2.23. The monoisotopic (exact) mass is 401 g/mol. The molecular weight excluding hydrogens is 374 g/mol. The summed E-state index contributed by atoms with van der Waals surface area (Å²) in [4.78, 5) is 16.6. The number of amides is 1. The van der Waals surface area contributed by atoms with Crippen molar-refractivity contribution in [1.82, 2.24) is 24.1 Å². The highest BCUT2D eigenvalue weighted by molar-refractivity contribution is 7.86. The van der Waals surface area contributed by atoms with E-state index < -0.39 is 10.2 Å². The lowest BCUT2D eigenvalue weighted by Gasteiger charge is -2.33. The number of ether oxygens (including phenoxy) is 1. The molecule has 2 aliphatic rings. The molecule has 3 rings (SSSR count). The Labute approximate surface area is 159 Å². The summed E-state index contributed by atoms with van der Waals surface area (Å²) in [6.07, 6.45) is 3.63. The third-order valence-corrected chi connectivity index (χ3v) is 6.90. The second-order valence-electron chi connectivity index (χ2n) is 6.89. The molecule has 1 unspecified atom stereocenters. The van der Waals surface area contributed by atoms with Gasteiger partial charge in [0.2, 0.25) is 5.91 Å². The van der Waals surface area contributed by atoms with Crippen molar-refractivity contribution >= 4 is 16.1 Å². The van der Waals surface area contributed by atoms with E-state index in [1.807, 2.05) is 0 Å². The van der Waals surface area contributed by atoms with Gasteiger partial charge in [0.1, 0.15) is 6.61 Å². The maximum atomic E-state index is 12.7. The molecule has 27 heavy (non-hydrogen) atoms. The van der Waals surface area contributed by atoms with Crippen molar-refractivity contribution in [3.63, 3.8) is 0 Å². The number of nitrogens with zero attached hydrogens (tertiary/aromatic N) is 4. The Kier molecular flexibility index (Phi) is 6.79. The molecule has 0 bridgehead atoms. The Hall–Kier alpha value is -1.56. The summed E-state index contributed by atoms with van der Waals surface area (Å²) in [6.45, 7) is 2.50. The van der Waals surface area contributed by atoms with Crippen LogP contribution in [-0.4, -0.2) is 72.9 Å². The number of methoxy groups -OCH3 is 1. The maximum Gasteiger partial charge on any atom is 0.281 e. The van der Waals surface area contributed by atoms with Crippen LogP contribution in [-0.2, 0) is 32.8 Å². The van der Waals surface area contributed by atoms with Gasteiger partial charge in [0.05, 0.1) is 5.92 Å². The molecule has 2 fully saturated rings. The van der Waals surface area contributed by atoms with Crippen molar-refractivity contribution in [3.8, 4) is 0 Å². The number of aromatic nitrogens is 2. The fourth-order valence-corrected chi connectivity index (χ4v) is 5.24. The van der Waals surface area contributed by atoms with Gasteiger partial charge in [-0.15, -0.1) is 0 Å². The van der Waals surface area contributed by atoms with Gasteiger partial charge in [0.15, 0.2) is 5.82 Å². The second kappa shape index (κ2) is 9.09. The van der Waals surface area contributed by atoms with E-state index in [0.29, 0.717) is 57.2 Å². The molecule has 1 aromatic heterocycles. The van der Waals surface area contributed by atoms with E-state index in [0.717, 1.165) is 12.8 Å². The SMILES string of the molecule is COCc1nc(CCNC(=O)C2CCCN(S(=O)(=O)N3CCCC3)C2)no1. The van der Waals surface area contributed by atoms with Gasteiger partial charge in [-0.05, 0) is 25.7 Å². The van der Waals surface area contributed by atoms with Crippen LogP contribution in [0.15, 0.2) is 4.52 Å². The van der Waals surface area contributed by atoms with Crippen molar-refractivity contribution in [2.24, 2.45) is 5.92 Å². The van der Waals surface area contributed by atoms with E-state index in [4.69, 9.17) is 9.26 Å². The summed E-state index contributed by atoms with van der Waals surface area (Å²) in [5.41, 5.74) is 0. The Morgan fingerprint density at radius 1 is 1.26 bits per heavy atom. The van der Waals surface area contributed by atoms with E-state index in [9.17, 15) is 13.2 Å². The molecule has 0 aliphatic carbocycles. The molecule has 10 nitrogen and oxygen atoms in total. The number of rotatable bonds is 8. The third-order valence-electron chi connectivity index (χ3n) is 4.90. The van der Waals surface area contributed by atoms with Crippen molar-refractivity contribution in [2.75, 3.05) is 39.8 Å². The van der Waals surface area contributed by atoms with Crippen molar-refractivity contribution in [2.45, 2.75) is 38.7 Å². The number of carbonyl (C=O) groups excluding carboxylic acids is 1. The number of nitrogens with one attached hydrogen (secondary N) is 1. The van der Waals surface area contributed by atoms with Crippen LogP contribution in [0.4, 0.5) is 0 Å². The van der Waals surface area contributed by atoms with Crippen LogP contribution >= 0.6 is 0 Å². The summed E-state index contributed by atoms with van der Waals surface area (Å²) in [6, 6.07) is 0. The summed E-state index contributed by atoms with van der Waals surface area (Å²) in [5, 5.41) is 6.68. The third kappa shape index (κ3) is 5.03. The normalized spacial score (nSPS) is 22.2. The highest BCUT2D eigenvalue weighted by atomic mass is 32.2. The minimum atomic E-state index is -3.45. The number of hydrogen-bond donors (Lipinski definition) is 1. The highest BCUT2D eigenvalue weighted by Gasteiger charge is 2.36. The van der Waals surface area contributed by atoms with Crippen molar-refractivity contribution in [1.29, 1.82) is 0 Å². The van der Waals surface area contributed by atoms with E-state index in [1.54, 1.807) is 7.11 Å². The standard InChI is InChI=1S/C16H27N5O5S/c1-25-12-15-18-14(19-26-15)6-7-17-16(22)13-5-4-10-21(11-13)27(23,24)20-8-2-3-9-20/h13H,2-12H2,1H3,(H,17,22). The molecule has 1 amide bonds. The predicted molar refractivity (Wildman–Crippen MR) is 95.7 cm³/mol. The Morgan fingerprint density at radius 2 is 2.00 bits per heavy atom. The van der Waals surface area contributed by atoms with Crippen LogP contribution in [0, 0.1) is 5.92 Å². The Bertz CT molecular complexity index is 731. The van der Waals surface area contributed by atoms with Crippen molar-refractivity contribution in [3.05, 3.63) is 11.7 Å². The molecule has 1 aromatic rings. The van der Waals surface area contributed by atoms with Crippen LogP contribution in [0.3, 0.4) is 0 Å².